The third-order valence-corrected chi connectivity index (χ3v) is 3.07. The summed E-state index contributed by atoms with van der Waals surface area (Å²) in [6.45, 7) is 7.50. The van der Waals surface area contributed by atoms with Crippen LogP contribution in [-0.2, 0) is 11.2 Å². The fourth-order valence-electron chi connectivity index (χ4n) is 1.76. The summed E-state index contributed by atoms with van der Waals surface area (Å²) < 4.78 is 0. The number of aldehydes is 1. The molecule has 0 radical (unpaired) electrons. The number of hydrogen-bond acceptors (Lipinski definition) is 2. The van der Waals surface area contributed by atoms with Crippen molar-refractivity contribution in [2.45, 2.75) is 26.7 Å². The molecule has 21 heavy (non-hydrogen) atoms. The molecule has 0 aliphatic heterocycles. The van der Waals surface area contributed by atoms with Crippen molar-refractivity contribution in [3.8, 4) is 0 Å². The summed E-state index contributed by atoms with van der Waals surface area (Å²) in [6, 6.07) is 8.06. The average molecular weight is 279 g/mol. The summed E-state index contributed by atoms with van der Waals surface area (Å²) in [5.41, 5.74) is 9.15. The normalized spacial score (nSPS) is 10.2. The van der Waals surface area contributed by atoms with Gasteiger partial charge >= 0.3 is 0 Å². The Morgan fingerprint density at radius 2 is 2.00 bits per heavy atom. The molecule has 0 aromatic heterocycles. The first kappa shape index (κ1) is 16.7. The van der Waals surface area contributed by atoms with Gasteiger partial charge in [0.05, 0.1) is 0 Å². The molecular formula is C19H21NO. The summed E-state index contributed by atoms with van der Waals surface area (Å²) in [6.07, 6.45) is 5.67. The second kappa shape index (κ2) is 8.71. The molecule has 2 heteroatoms. The van der Waals surface area contributed by atoms with Crippen molar-refractivity contribution in [3.63, 3.8) is 0 Å². The second-order valence-corrected chi connectivity index (χ2v) is 5.14. The molecule has 108 valence electrons. The van der Waals surface area contributed by atoms with Gasteiger partial charge in [-0.15, -0.1) is 0 Å². The molecule has 1 aromatic carbocycles. The van der Waals surface area contributed by atoms with E-state index in [1.807, 2.05) is 50.3 Å². The molecule has 0 bridgehead atoms. The van der Waals surface area contributed by atoms with Crippen LogP contribution in [0.25, 0.3) is 6.08 Å². The third-order valence-electron chi connectivity index (χ3n) is 3.07. The van der Waals surface area contributed by atoms with Crippen LogP contribution >= 0.6 is 0 Å². The summed E-state index contributed by atoms with van der Waals surface area (Å²) in [4.78, 5) is 10.6. The van der Waals surface area contributed by atoms with Gasteiger partial charge in [0.1, 0.15) is 6.29 Å². The van der Waals surface area contributed by atoms with Crippen molar-refractivity contribution in [1.82, 2.24) is 0 Å². The lowest BCUT2D eigenvalue weighted by Gasteiger charge is -2.03. The molecule has 0 amide bonds. The third kappa shape index (κ3) is 6.05. The lowest BCUT2D eigenvalue weighted by Crippen LogP contribution is -2.00. The van der Waals surface area contributed by atoms with Gasteiger partial charge in [-0.1, -0.05) is 55.7 Å². The molecule has 1 N–H and O–H groups in total. The molecule has 1 rings (SSSR count). The Hall–Kier alpha value is -2.40. The monoisotopic (exact) mass is 279 g/mol. The molecule has 0 unspecified atom stereocenters. The van der Waals surface area contributed by atoms with E-state index in [9.17, 15) is 4.79 Å². The Morgan fingerprint density at radius 3 is 2.52 bits per heavy atom. The Labute approximate surface area is 126 Å². The zero-order valence-corrected chi connectivity index (χ0v) is 12.6. The van der Waals surface area contributed by atoms with Gasteiger partial charge in [-0.2, -0.15) is 0 Å². The summed E-state index contributed by atoms with van der Waals surface area (Å²) in [5.74, 6) is 0.238. The lowest BCUT2D eigenvalue weighted by molar-refractivity contribution is -0.107. The SMILES string of the molecule is C=C=C=C(CC=O)Cc1ccc(/C=C/C(=N)C(C)C)cc1. The van der Waals surface area contributed by atoms with E-state index in [4.69, 9.17) is 5.41 Å². The quantitative estimate of drug-likeness (QED) is 0.449. The standard InChI is InChI=1S/C19H21NO/c1-4-5-17(12-13-21)14-18-8-6-16(7-9-18)10-11-19(20)15(2)3/h6-11,13,15,20H,1,12,14H2,2-3H3/b11-10+,20-19?. The van der Waals surface area contributed by atoms with Crippen molar-refractivity contribution < 1.29 is 4.79 Å². The van der Waals surface area contributed by atoms with Crippen LogP contribution in [0.4, 0.5) is 0 Å². The van der Waals surface area contributed by atoms with Gasteiger partial charge < -0.3 is 10.2 Å². The van der Waals surface area contributed by atoms with Crippen LogP contribution in [0.2, 0.25) is 0 Å². The molecule has 0 aliphatic rings. The summed E-state index contributed by atoms with van der Waals surface area (Å²) >= 11 is 0. The predicted octanol–water partition coefficient (Wildman–Crippen LogP) is 4.37. The number of nitrogens with one attached hydrogen (secondary N) is 1. The maximum atomic E-state index is 10.6. The van der Waals surface area contributed by atoms with Crippen molar-refractivity contribution >= 4 is 18.1 Å². The lowest BCUT2D eigenvalue weighted by atomic mass is 10.0. The minimum atomic E-state index is 0.238. The first-order valence-corrected chi connectivity index (χ1v) is 6.98. The molecule has 0 saturated carbocycles. The first-order valence-electron chi connectivity index (χ1n) is 6.98. The highest BCUT2D eigenvalue weighted by atomic mass is 16.1. The van der Waals surface area contributed by atoms with Gasteiger partial charge in [-0.25, -0.2) is 0 Å². The van der Waals surface area contributed by atoms with E-state index in [1.54, 1.807) is 0 Å². The van der Waals surface area contributed by atoms with Crippen LogP contribution in [0.3, 0.4) is 0 Å². The molecule has 0 heterocycles. The van der Waals surface area contributed by atoms with Gasteiger partial charge in [0.15, 0.2) is 0 Å². The maximum Gasteiger partial charge on any atom is 0.124 e. The van der Waals surface area contributed by atoms with E-state index >= 15 is 0 Å². The minimum absolute atomic E-state index is 0.238. The fourth-order valence-corrected chi connectivity index (χ4v) is 1.76. The highest BCUT2D eigenvalue weighted by Gasteiger charge is 2.00. The van der Waals surface area contributed by atoms with Crippen LogP contribution < -0.4 is 0 Å². The van der Waals surface area contributed by atoms with Crippen LogP contribution in [0.15, 0.2) is 54.0 Å². The fraction of sp³-hybridized carbons (Fsp3) is 0.263. The van der Waals surface area contributed by atoms with Crippen LogP contribution in [0, 0.1) is 11.3 Å². The number of benzene rings is 1. The maximum absolute atomic E-state index is 10.6. The van der Waals surface area contributed by atoms with Gasteiger partial charge in [-0.05, 0) is 35.3 Å². The van der Waals surface area contributed by atoms with Crippen molar-refractivity contribution in [2.75, 3.05) is 0 Å². The Morgan fingerprint density at radius 1 is 1.33 bits per heavy atom. The van der Waals surface area contributed by atoms with E-state index in [0.717, 1.165) is 23.0 Å². The molecule has 0 aliphatic carbocycles. The van der Waals surface area contributed by atoms with Crippen LogP contribution in [0.1, 0.15) is 31.4 Å². The topological polar surface area (TPSA) is 40.9 Å². The van der Waals surface area contributed by atoms with Crippen molar-refractivity contribution in [3.05, 3.63) is 65.1 Å². The smallest absolute Gasteiger partial charge is 0.124 e. The summed E-state index contributed by atoms with van der Waals surface area (Å²) in [5, 5.41) is 7.78. The van der Waals surface area contributed by atoms with Crippen LogP contribution in [0.5, 0.6) is 0 Å². The predicted molar refractivity (Wildman–Crippen MR) is 88.6 cm³/mol. The van der Waals surface area contributed by atoms with Crippen molar-refractivity contribution in [2.24, 2.45) is 5.92 Å². The Bertz CT molecular complexity index is 607. The highest BCUT2D eigenvalue weighted by Crippen LogP contribution is 2.12. The average Bonchev–Trinajstić information content (AvgIpc) is 2.46. The minimum Gasteiger partial charge on any atom is -0.305 e. The van der Waals surface area contributed by atoms with Gasteiger partial charge in [-0.3, -0.25) is 0 Å². The van der Waals surface area contributed by atoms with Gasteiger partial charge in [0.2, 0.25) is 0 Å². The Kier molecular flexibility index (Phi) is 6.91. The van der Waals surface area contributed by atoms with Crippen LogP contribution in [-0.4, -0.2) is 12.0 Å². The molecular weight excluding hydrogens is 258 g/mol. The van der Waals surface area contributed by atoms with Crippen molar-refractivity contribution in [1.29, 1.82) is 5.41 Å². The zero-order chi connectivity index (χ0) is 15.7. The zero-order valence-electron chi connectivity index (χ0n) is 12.6. The first-order chi connectivity index (χ1) is 10.1. The van der Waals surface area contributed by atoms with E-state index in [0.29, 0.717) is 18.6 Å². The molecule has 0 fully saturated rings. The Balaban J connectivity index is 2.78. The molecule has 0 spiro atoms. The number of rotatable bonds is 7. The number of allylic oxidation sites excluding steroid dienone is 2. The van der Waals surface area contributed by atoms with E-state index in [2.05, 4.69) is 18.0 Å². The summed E-state index contributed by atoms with van der Waals surface area (Å²) in [7, 11) is 0. The number of hydrogen-bond donors (Lipinski definition) is 1. The molecule has 0 saturated heterocycles. The number of carbonyl (C=O) groups excluding carboxylic acids is 1. The second-order valence-electron chi connectivity index (χ2n) is 5.14. The highest BCUT2D eigenvalue weighted by molar-refractivity contribution is 5.97. The molecule has 0 atom stereocenters. The molecule has 2 nitrogen and oxygen atoms in total. The largest absolute Gasteiger partial charge is 0.305 e. The van der Waals surface area contributed by atoms with E-state index in [1.165, 1.54) is 0 Å². The van der Waals surface area contributed by atoms with Gasteiger partial charge in [0, 0.05) is 18.6 Å². The van der Waals surface area contributed by atoms with E-state index in [-0.39, 0.29) is 5.92 Å². The van der Waals surface area contributed by atoms with E-state index < -0.39 is 0 Å². The number of carbonyl (C=O) groups is 1. The molecule has 1 aromatic rings. The van der Waals surface area contributed by atoms with Gasteiger partial charge in [0.25, 0.3) is 0 Å².